The first-order valence-corrected chi connectivity index (χ1v) is 11.4. The molecule has 1 saturated carbocycles. The number of nitrogens with zero attached hydrogens (tertiary/aromatic N) is 2. The van der Waals surface area contributed by atoms with Crippen LogP contribution in [-0.2, 0) is 4.79 Å². The van der Waals surface area contributed by atoms with E-state index in [4.69, 9.17) is 4.99 Å². The molecule has 0 radical (unpaired) electrons. The topological polar surface area (TPSA) is 56.7 Å². The van der Waals surface area contributed by atoms with E-state index in [1.54, 1.807) is 11.3 Å². The Bertz CT molecular complexity index is 610. The number of nitrogens with one attached hydrogen (secondary N) is 2. The summed E-state index contributed by atoms with van der Waals surface area (Å²) in [5.74, 6) is 1.95. The van der Waals surface area contributed by atoms with Crippen LogP contribution in [0.15, 0.2) is 22.5 Å². The Morgan fingerprint density at radius 3 is 2.85 bits per heavy atom. The Hall–Kier alpha value is -1.56. The van der Waals surface area contributed by atoms with Gasteiger partial charge in [0, 0.05) is 42.4 Å². The molecule has 1 aromatic heterocycles. The minimum atomic E-state index is 0.269. The van der Waals surface area contributed by atoms with Gasteiger partial charge >= 0.3 is 0 Å². The van der Waals surface area contributed by atoms with Gasteiger partial charge in [0.15, 0.2) is 5.96 Å². The maximum atomic E-state index is 12.8. The Kier molecular flexibility index (Phi) is 7.56. The van der Waals surface area contributed by atoms with Crippen LogP contribution in [0.4, 0.5) is 0 Å². The normalized spacial score (nSPS) is 22.7. The third-order valence-corrected chi connectivity index (χ3v) is 6.80. The standard InChI is InChI=1S/C21H34N4OS/c1-3-22-21(23-14-16(2)19-10-7-13-27-19)24-18-11-12-25(15-18)20(26)17-8-5-4-6-9-17/h7,10,13,16-18H,3-6,8-9,11-12,14-15H2,1-2H3,(H2,22,23,24). The fourth-order valence-electron chi connectivity index (χ4n) is 4.09. The van der Waals surface area contributed by atoms with E-state index >= 15 is 0 Å². The summed E-state index contributed by atoms with van der Waals surface area (Å²) in [6, 6.07) is 4.57. The minimum absolute atomic E-state index is 0.269. The number of guanidine groups is 1. The Morgan fingerprint density at radius 2 is 2.15 bits per heavy atom. The van der Waals surface area contributed by atoms with E-state index in [0.717, 1.165) is 51.4 Å². The molecule has 2 aliphatic rings. The number of thiophene rings is 1. The van der Waals surface area contributed by atoms with E-state index < -0.39 is 0 Å². The predicted octanol–water partition coefficient (Wildman–Crippen LogP) is 3.59. The molecule has 0 aromatic carbocycles. The summed E-state index contributed by atoms with van der Waals surface area (Å²) in [6.45, 7) is 7.61. The van der Waals surface area contributed by atoms with Crippen molar-refractivity contribution >= 4 is 23.2 Å². The number of rotatable bonds is 6. The molecule has 0 spiro atoms. The highest BCUT2D eigenvalue weighted by molar-refractivity contribution is 7.10. The zero-order valence-electron chi connectivity index (χ0n) is 16.7. The van der Waals surface area contributed by atoms with Crippen molar-refractivity contribution < 1.29 is 4.79 Å². The molecular formula is C21H34N4OS. The van der Waals surface area contributed by atoms with Gasteiger partial charge < -0.3 is 15.5 Å². The van der Waals surface area contributed by atoms with Crippen molar-refractivity contribution in [2.75, 3.05) is 26.2 Å². The second-order valence-electron chi connectivity index (χ2n) is 7.89. The van der Waals surface area contributed by atoms with E-state index in [2.05, 4.69) is 46.9 Å². The minimum Gasteiger partial charge on any atom is -0.357 e. The second kappa shape index (κ2) is 10.1. The summed E-state index contributed by atoms with van der Waals surface area (Å²) in [5.41, 5.74) is 0. The van der Waals surface area contributed by atoms with Crippen molar-refractivity contribution in [2.24, 2.45) is 10.9 Å². The fraction of sp³-hybridized carbons (Fsp3) is 0.714. The molecule has 5 nitrogen and oxygen atoms in total. The van der Waals surface area contributed by atoms with Crippen molar-refractivity contribution in [1.82, 2.24) is 15.5 Å². The quantitative estimate of drug-likeness (QED) is 0.576. The van der Waals surface area contributed by atoms with Crippen LogP contribution in [0, 0.1) is 5.92 Å². The van der Waals surface area contributed by atoms with Crippen LogP contribution in [0.1, 0.15) is 63.2 Å². The van der Waals surface area contributed by atoms with Crippen LogP contribution in [0.5, 0.6) is 0 Å². The lowest BCUT2D eigenvalue weighted by Crippen LogP contribution is -2.45. The van der Waals surface area contributed by atoms with Gasteiger partial charge in [0.2, 0.25) is 5.91 Å². The molecule has 27 heavy (non-hydrogen) atoms. The van der Waals surface area contributed by atoms with Gasteiger partial charge in [0.25, 0.3) is 0 Å². The first-order valence-electron chi connectivity index (χ1n) is 10.5. The number of carbonyl (C=O) groups excluding carboxylic acids is 1. The van der Waals surface area contributed by atoms with Gasteiger partial charge in [-0.3, -0.25) is 9.79 Å². The van der Waals surface area contributed by atoms with E-state index in [1.165, 1.54) is 24.1 Å². The monoisotopic (exact) mass is 390 g/mol. The largest absolute Gasteiger partial charge is 0.357 e. The smallest absolute Gasteiger partial charge is 0.225 e. The second-order valence-corrected chi connectivity index (χ2v) is 8.86. The van der Waals surface area contributed by atoms with Crippen molar-refractivity contribution in [3.05, 3.63) is 22.4 Å². The molecule has 1 saturated heterocycles. The first-order chi connectivity index (χ1) is 13.2. The van der Waals surface area contributed by atoms with Crippen molar-refractivity contribution in [3.8, 4) is 0 Å². The summed E-state index contributed by atoms with van der Waals surface area (Å²) in [5, 5.41) is 9.03. The van der Waals surface area contributed by atoms with Gasteiger partial charge in [0.05, 0.1) is 6.54 Å². The van der Waals surface area contributed by atoms with E-state index in [0.29, 0.717) is 17.9 Å². The summed E-state index contributed by atoms with van der Waals surface area (Å²) >= 11 is 1.79. The Balaban J connectivity index is 1.50. The highest BCUT2D eigenvalue weighted by Gasteiger charge is 2.31. The summed E-state index contributed by atoms with van der Waals surface area (Å²) in [7, 11) is 0. The van der Waals surface area contributed by atoms with Gasteiger partial charge in [0.1, 0.15) is 0 Å². The fourth-order valence-corrected chi connectivity index (χ4v) is 4.87. The SMILES string of the molecule is CCNC(=NCC(C)c1cccs1)NC1CCN(C(=O)C2CCCCC2)C1. The molecule has 6 heteroatoms. The molecule has 2 fully saturated rings. The lowest BCUT2D eigenvalue weighted by atomic mass is 9.88. The molecule has 2 heterocycles. The third kappa shape index (κ3) is 5.71. The van der Waals surface area contributed by atoms with Crippen LogP contribution < -0.4 is 10.6 Å². The lowest BCUT2D eigenvalue weighted by Gasteiger charge is -2.26. The zero-order valence-corrected chi connectivity index (χ0v) is 17.6. The predicted molar refractivity (Wildman–Crippen MR) is 113 cm³/mol. The van der Waals surface area contributed by atoms with E-state index in [-0.39, 0.29) is 5.92 Å². The van der Waals surface area contributed by atoms with E-state index in [9.17, 15) is 4.79 Å². The molecular weight excluding hydrogens is 356 g/mol. The third-order valence-electron chi connectivity index (χ3n) is 5.69. The molecule has 1 aliphatic heterocycles. The van der Waals surface area contributed by atoms with Crippen molar-refractivity contribution in [3.63, 3.8) is 0 Å². The average Bonchev–Trinajstić information content (AvgIpc) is 3.38. The maximum Gasteiger partial charge on any atom is 0.225 e. The van der Waals surface area contributed by atoms with Crippen LogP contribution in [0.2, 0.25) is 0 Å². The number of carbonyl (C=O) groups is 1. The molecule has 2 atom stereocenters. The molecule has 1 amide bonds. The molecule has 0 bridgehead atoms. The summed E-state index contributed by atoms with van der Waals surface area (Å²) < 4.78 is 0. The highest BCUT2D eigenvalue weighted by Crippen LogP contribution is 2.27. The Labute approximate surface area is 167 Å². The molecule has 150 valence electrons. The molecule has 1 aliphatic carbocycles. The van der Waals surface area contributed by atoms with Gasteiger partial charge in [-0.15, -0.1) is 11.3 Å². The summed E-state index contributed by atoms with van der Waals surface area (Å²) in [4.78, 5) is 21.0. The van der Waals surface area contributed by atoms with Crippen LogP contribution in [0.25, 0.3) is 0 Å². The van der Waals surface area contributed by atoms with Crippen molar-refractivity contribution in [2.45, 2.75) is 64.3 Å². The van der Waals surface area contributed by atoms with Crippen LogP contribution >= 0.6 is 11.3 Å². The average molecular weight is 391 g/mol. The molecule has 2 unspecified atom stereocenters. The first kappa shape index (κ1) is 20.2. The van der Waals surface area contributed by atoms with Gasteiger partial charge in [-0.05, 0) is 37.6 Å². The van der Waals surface area contributed by atoms with Gasteiger partial charge in [-0.1, -0.05) is 32.3 Å². The number of hydrogen-bond donors (Lipinski definition) is 2. The number of likely N-dealkylation sites (tertiary alicyclic amines) is 1. The van der Waals surface area contributed by atoms with Crippen molar-refractivity contribution in [1.29, 1.82) is 0 Å². The highest BCUT2D eigenvalue weighted by atomic mass is 32.1. The lowest BCUT2D eigenvalue weighted by molar-refractivity contribution is -0.135. The van der Waals surface area contributed by atoms with Gasteiger partial charge in [-0.2, -0.15) is 0 Å². The maximum absolute atomic E-state index is 12.8. The van der Waals surface area contributed by atoms with E-state index in [1.807, 2.05) is 0 Å². The van der Waals surface area contributed by atoms with Crippen LogP contribution in [-0.4, -0.2) is 49.0 Å². The number of amides is 1. The number of hydrogen-bond acceptors (Lipinski definition) is 3. The zero-order chi connectivity index (χ0) is 19.1. The number of aliphatic imine (C=N–C) groups is 1. The Morgan fingerprint density at radius 1 is 1.33 bits per heavy atom. The molecule has 2 N–H and O–H groups in total. The van der Waals surface area contributed by atoms with Crippen LogP contribution in [0.3, 0.4) is 0 Å². The summed E-state index contributed by atoms with van der Waals surface area (Å²) in [6.07, 6.45) is 6.89. The molecule has 3 rings (SSSR count). The molecule has 1 aromatic rings. The van der Waals surface area contributed by atoms with Gasteiger partial charge in [-0.25, -0.2) is 0 Å².